The smallest absolute Gasteiger partial charge is 0.115 e. The van der Waals surface area contributed by atoms with Gasteiger partial charge in [-0.05, 0) is 12.0 Å². The molecule has 64 valence electrons. The predicted molar refractivity (Wildman–Crippen MR) is 52.1 cm³/mol. The minimum absolute atomic E-state index is 0.166. The Kier molecular flexibility index (Phi) is 2.92. The van der Waals surface area contributed by atoms with Gasteiger partial charge in [0.25, 0.3) is 0 Å². The minimum atomic E-state index is 0.166. The van der Waals surface area contributed by atoms with Gasteiger partial charge in [0, 0.05) is 5.56 Å². The molecule has 1 nitrogen and oxygen atoms in total. The molecule has 0 unspecified atom stereocenters. The van der Waals surface area contributed by atoms with Gasteiger partial charge < -0.3 is 5.11 Å². The molecule has 1 aromatic carbocycles. The van der Waals surface area contributed by atoms with E-state index in [-0.39, 0.29) is 5.76 Å². The van der Waals surface area contributed by atoms with E-state index >= 15 is 0 Å². The van der Waals surface area contributed by atoms with Crippen molar-refractivity contribution in [3.8, 4) is 0 Å². The molecule has 1 heteroatoms. The number of aliphatic hydroxyl groups is 1. The number of hydrogen-bond donors (Lipinski definition) is 1. The predicted octanol–water partition coefficient (Wildman–Crippen LogP) is 3.17. The highest BCUT2D eigenvalue weighted by atomic mass is 16.3. The fraction of sp³-hybridized carbons (Fsp3) is 0.273. The molecular weight excluding hydrogens is 148 g/mol. The van der Waals surface area contributed by atoms with Gasteiger partial charge in [-0.15, -0.1) is 0 Å². The standard InChI is InChI=1S/C11H14O/c1-3-6-10-7-4-5-8-11(10)9(2)12/h4-5,7-8,12H,2-3,6H2,1H3. The van der Waals surface area contributed by atoms with Gasteiger partial charge in [-0.1, -0.05) is 44.2 Å². The van der Waals surface area contributed by atoms with Crippen LogP contribution in [0.15, 0.2) is 30.8 Å². The fourth-order valence-corrected chi connectivity index (χ4v) is 1.29. The van der Waals surface area contributed by atoms with Crippen LogP contribution in [0.3, 0.4) is 0 Å². The summed E-state index contributed by atoms with van der Waals surface area (Å²) < 4.78 is 0. The highest BCUT2D eigenvalue weighted by molar-refractivity contribution is 5.59. The maximum Gasteiger partial charge on any atom is 0.115 e. The molecule has 0 heterocycles. The van der Waals surface area contributed by atoms with Crippen LogP contribution in [0, 0.1) is 0 Å². The first-order valence-corrected chi connectivity index (χ1v) is 4.22. The SMILES string of the molecule is C=C(O)c1ccccc1CCC. The lowest BCUT2D eigenvalue weighted by atomic mass is 10.0. The molecule has 0 saturated heterocycles. The van der Waals surface area contributed by atoms with E-state index in [4.69, 9.17) is 0 Å². The first-order chi connectivity index (χ1) is 5.75. The lowest BCUT2D eigenvalue weighted by molar-refractivity contribution is 0.512. The van der Waals surface area contributed by atoms with Crippen LogP contribution in [0.25, 0.3) is 5.76 Å². The molecule has 0 fully saturated rings. The van der Waals surface area contributed by atoms with E-state index in [0.717, 1.165) is 18.4 Å². The molecule has 0 atom stereocenters. The van der Waals surface area contributed by atoms with Crippen LogP contribution in [-0.4, -0.2) is 5.11 Å². The third kappa shape index (κ3) is 1.88. The van der Waals surface area contributed by atoms with Crippen LogP contribution < -0.4 is 0 Å². The molecule has 0 bridgehead atoms. The van der Waals surface area contributed by atoms with Crippen LogP contribution in [0.1, 0.15) is 24.5 Å². The Hall–Kier alpha value is -1.24. The third-order valence-corrected chi connectivity index (χ3v) is 1.85. The minimum Gasteiger partial charge on any atom is -0.508 e. The normalized spacial score (nSPS) is 9.75. The first-order valence-electron chi connectivity index (χ1n) is 4.22. The zero-order chi connectivity index (χ0) is 8.97. The van der Waals surface area contributed by atoms with Gasteiger partial charge in [0.05, 0.1) is 0 Å². The van der Waals surface area contributed by atoms with Crippen LogP contribution in [-0.2, 0) is 6.42 Å². The van der Waals surface area contributed by atoms with Crippen molar-refractivity contribution in [1.82, 2.24) is 0 Å². The van der Waals surface area contributed by atoms with Crippen molar-refractivity contribution in [2.45, 2.75) is 19.8 Å². The van der Waals surface area contributed by atoms with Gasteiger partial charge in [0.2, 0.25) is 0 Å². The van der Waals surface area contributed by atoms with Crippen LogP contribution in [0.5, 0.6) is 0 Å². The summed E-state index contributed by atoms with van der Waals surface area (Å²) in [6.07, 6.45) is 2.08. The molecule has 0 saturated carbocycles. The monoisotopic (exact) mass is 162 g/mol. The summed E-state index contributed by atoms with van der Waals surface area (Å²) in [5.74, 6) is 0.166. The lowest BCUT2D eigenvalue weighted by Crippen LogP contribution is -1.91. The van der Waals surface area contributed by atoms with Crippen molar-refractivity contribution in [3.63, 3.8) is 0 Å². The molecule has 12 heavy (non-hydrogen) atoms. The third-order valence-electron chi connectivity index (χ3n) is 1.85. The zero-order valence-corrected chi connectivity index (χ0v) is 7.38. The van der Waals surface area contributed by atoms with Crippen molar-refractivity contribution in [2.24, 2.45) is 0 Å². The quantitative estimate of drug-likeness (QED) is 0.677. The van der Waals surface area contributed by atoms with E-state index in [9.17, 15) is 5.11 Å². The Labute approximate surface area is 73.4 Å². The molecule has 0 radical (unpaired) electrons. The molecule has 0 amide bonds. The maximum absolute atomic E-state index is 9.24. The van der Waals surface area contributed by atoms with E-state index < -0.39 is 0 Å². The van der Waals surface area contributed by atoms with Gasteiger partial charge in [-0.3, -0.25) is 0 Å². The highest BCUT2D eigenvalue weighted by Gasteiger charge is 2.01. The summed E-state index contributed by atoms with van der Waals surface area (Å²) in [6, 6.07) is 7.82. The van der Waals surface area contributed by atoms with Crippen molar-refractivity contribution in [2.75, 3.05) is 0 Å². The largest absolute Gasteiger partial charge is 0.508 e. The molecular formula is C11H14O. The Morgan fingerprint density at radius 1 is 1.42 bits per heavy atom. The second kappa shape index (κ2) is 3.96. The number of aliphatic hydroxyl groups excluding tert-OH is 1. The number of rotatable bonds is 3. The lowest BCUT2D eigenvalue weighted by Gasteiger charge is -2.05. The summed E-state index contributed by atoms with van der Waals surface area (Å²) in [6.45, 7) is 5.65. The van der Waals surface area contributed by atoms with E-state index in [1.165, 1.54) is 5.56 Å². The van der Waals surface area contributed by atoms with Crippen molar-refractivity contribution in [1.29, 1.82) is 0 Å². The van der Waals surface area contributed by atoms with E-state index in [2.05, 4.69) is 13.5 Å². The van der Waals surface area contributed by atoms with Crippen LogP contribution in [0.4, 0.5) is 0 Å². The van der Waals surface area contributed by atoms with Gasteiger partial charge in [0.1, 0.15) is 5.76 Å². The average Bonchev–Trinajstić information content (AvgIpc) is 2.05. The van der Waals surface area contributed by atoms with Crippen molar-refractivity contribution < 1.29 is 5.11 Å². The molecule has 1 rings (SSSR count). The summed E-state index contributed by atoms with van der Waals surface area (Å²) in [5.41, 5.74) is 2.05. The Balaban J connectivity index is 3.00. The fourth-order valence-electron chi connectivity index (χ4n) is 1.29. The Morgan fingerprint density at radius 2 is 2.08 bits per heavy atom. The topological polar surface area (TPSA) is 20.2 Å². The Morgan fingerprint density at radius 3 is 2.67 bits per heavy atom. The van der Waals surface area contributed by atoms with Gasteiger partial charge in [0.15, 0.2) is 0 Å². The van der Waals surface area contributed by atoms with Gasteiger partial charge in [-0.25, -0.2) is 0 Å². The Bertz CT molecular complexity index is 276. The van der Waals surface area contributed by atoms with Crippen LogP contribution in [0.2, 0.25) is 0 Å². The average molecular weight is 162 g/mol. The van der Waals surface area contributed by atoms with Crippen molar-refractivity contribution >= 4 is 5.76 Å². The first kappa shape index (κ1) is 8.85. The molecule has 1 N–H and O–H groups in total. The number of aryl methyl sites for hydroxylation is 1. The van der Waals surface area contributed by atoms with E-state index in [0.29, 0.717) is 0 Å². The molecule has 0 spiro atoms. The molecule has 1 aromatic rings. The molecule has 0 aliphatic heterocycles. The summed E-state index contributed by atoms with van der Waals surface area (Å²) in [4.78, 5) is 0. The van der Waals surface area contributed by atoms with Crippen molar-refractivity contribution in [3.05, 3.63) is 42.0 Å². The van der Waals surface area contributed by atoms with Gasteiger partial charge >= 0.3 is 0 Å². The second-order valence-corrected chi connectivity index (χ2v) is 2.85. The molecule has 0 aliphatic carbocycles. The van der Waals surface area contributed by atoms with E-state index in [1.807, 2.05) is 24.3 Å². The van der Waals surface area contributed by atoms with Gasteiger partial charge in [-0.2, -0.15) is 0 Å². The second-order valence-electron chi connectivity index (χ2n) is 2.85. The zero-order valence-electron chi connectivity index (χ0n) is 7.38. The number of benzene rings is 1. The summed E-state index contributed by atoms with van der Waals surface area (Å²) in [5, 5.41) is 9.24. The summed E-state index contributed by atoms with van der Waals surface area (Å²) >= 11 is 0. The van der Waals surface area contributed by atoms with E-state index in [1.54, 1.807) is 0 Å². The molecule has 0 aliphatic rings. The molecule has 0 aromatic heterocycles. The summed E-state index contributed by atoms with van der Waals surface area (Å²) in [7, 11) is 0. The number of hydrogen-bond acceptors (Lipinski definition) is 1. The maximum atomic E-state index is 9.24. The van der Waals surface area contributed by atoms with Crippen LogP contribution >= 0.6 is 0 Å². The highest BCUT2D eigenvalue weighted by Crippen LogP contribution is 2.16.